The molecule has 0 spiro atoms. The Labute approximate surface area is 85.5 Å². The first kappa shape index (κ1) is 11.3. The zero-order chi connectivity index (χ0) is 10.7. The third-order valence-electron chi connectivity index (χ3n) is 2.96. The lowest BCUT2D eigenvalue weighted by Gasteiger charge is -2.36. The highest BCUT2D eigenvalue weighted by Gasteiger charge is 2.24. The Morgan fingerprint density at radius 1 is 1.21 bits per heavy atom. The maximum absolute atomic E-state index is 7.73. The second-order valence-electron chi connectivity index (χ2n) is 4.11. The van der Waals surface area contributed by atoms with Crippen LogP contribution in [-0.4, -0.2) is 42.0 Å². The number of nitrogens with zero attached hydrogens (tertiary/aromatic N) is 2. The van der Waals surface area contributed by atoms with Crippen molar-refractivity contribution in [2.24, 2.45) is 11.6 Å². The van der Waals surface area contributed by atoms with Crippen LogP contribution >= 0.6 is 0 Å². The van der Waals surface area contributed by atoms with Gasteiger partial charge in [-0.25, -0.2) is 5.84 Å². The molecule has 1 aliphatic carbocycles. The molecule has 1 rings (SSSR count). The molecule has 0 amide bonds. The molecule has 82 valence electrons. The van der Waals surface area contributed by atoms with Crippen molar-refractivity contribution >= 4 is 5.96 Å². The molecule has 0 heterocycles. The molecule has 5 N–H and O–H groups in total. The van der Waals surface area contributed by atoms with E-state index in [0.29, 0.717) is 18.0 Å². The van der Waals surface area contributed by atoms with Crippen LogP contribution in [0.4, 0.5) is 0 Å². The van der Waals surface area contributed by atoms with Crippen molar-refractivity contribution in [3.63, 3.8) is 0 Å². The van der Waals surface area contributed by atoms with Crippen LogP contribution in [0.5, 0.6) is 0 Å². The molecule has 0 aromatic rings. The highest BCUT2D eigenvalue weighted by Crippen LogP contribution is 2.21. The van der Waals surface area contributed by atoms with E-state index in [2.05, 4.69) is 0 Å². The van der Waals surface area contributed by atoms with E-state index in [0.717, 1.165) is 25.7 Å². The molecule has 0 aliphatic heterocycles. The van der Waals surface area contributed by atoms with Gasteiger partial charge in [0.2, 0.25) is 5.96 Å². The Hall–Kier alpha value is -0.810. The van der Waals surface area contributed by atoms with Gasteiger partial charge in [0.15, 0.2) is 0 Å². The van der Waals surface area contributed by atoms with Crippen LogP contribution in [0.15, 0.2) is 0 Å². The lowest BCUT2D eigenvalue weighted by Crippen LogP contribution is -2.49. The van der Waals surface area contributed by atoms with Gasteiger partial charge in [-0.2, -0.15) is 0 Å². The highest BCUT2D eigenvalue weighted by atomic mass is 15.5. The first-order valence-corrected chi connectivity index (χ1v) is 5.07. The van der Waals surface area contributed by atoms with E-state index >= 15 is 0 Å². The number of nitrogens with two attached hydrogens (primary N) is 2. The van der Waals surface area contributed by atoms with Crippen LogP contribution in [0, 0.1) is 5.41 Å². The molecule has 0 aromatic carbocycles. The molecule has 5 nitrogen and oxygen atoms in total. The van der Waals surface area contributed by atoms with E-state index in [-0.39, 0.29) is 0 Å². The molecular formula is C9H21N5. The molecule has 0 saturated heterocycles. The van der Waals surface area contributed by atoms with Gasteiger partial charge in [0.05, 0.1) is 0 Å². The number of rotatable bonds is 1. The van der Waals surface area contributed by atoms with Gasteiger partial charge in [0.25, 0.3) is 0 Å². The fourth-order valence-electron chi connectivity index (χ4n) is 1.91. The maximum atomic E-state index is 7.73. The van der Waals surface area contributed by atoms with Crippen LogP contribution in [0.1, 0.15) is 25.7 Å². The summed E-state index contributed by atoms with van der Waals surface area (Å²) in [6.45, 7) is 0. The van der Waals surface area contributed by atoms with Crippen molar-refractivity contribution in [1.82, 2.24) is 9.91 Å². The van der Waals surface area contributed by atoms with Gasteiger partial charge >= 0.3 is 0 Å². The lowest BCUT2D eigenvalue weighted by molar-refractivity contribution is 0.237. The Morgan fingerprint density at radius 3 is 2.14 bits per heavy atom. The van der Waals surface area contributed by atoms with Gasteiger partial charge in [-0.3, -0.25) is 10.4 Å². The van der Waals surface area contributed by atoms with E-state index < -0.39 is 0 Å². The molecule has 1 saturated carbocycles. The van der Waals surface area contributed by atoms with Crippen molar-refractivity contribution in [3.05, 3.63) is 0 Å². The zero-order valence-corrected chi connectivity index (χ0v) is 9.03. The Kier molecular flexibility index (Phi) is 3.71. The third kappa shape index (κ3) is 2.59. The average Bonchev–Trinajstić information content (AvgIpc) is 2.16. The number of nitrogens with one attached hydrogen (secondary N) is 1. The molecule has 0 unspecified atom stereocenters. The zero-order valence-electron chi connectivity index (χ0n) is 9.03. The normalized spacial score (nSPS) is 27.1. The molecule has 1 aliphatic rings. The van der Waals surface area contributed by atoms with Gasteiger partial charge in [-0.15, -0.1) is 0 Å². The van der Waals surface area contributed by atoms with E-state index in [1.165, 1.54) is 5.01 Å². The minimum absolute atomic E-state index is 0.351. The largest absolute Gasteiger partial charge is 0.342 e. The number of hydrogen-bond acceptors (Lipinski definition) is 3. The van der Waals surface area contributed by atoms with Gasteiger partial charge in [-0.05, 0) is 25.7 Å². The monoisotopic (exact) mass is 199 g/mol. The number of hydrazine groups is 1. The molecule has 0 aromatic heterocycles. The molecular weight excluding hydrogens is 178 g/mol. The SMILES string of the molecule is CN(N)C(=N)N(C)[C@H]1CC[C@H](N)CC1. The number of hydrogen-bond donors (Lipinski definition) is 3. The van der Waals surface area contributed by atoms with E-state index in [9.17, 15) is 0 Å². The van der Waals surface area contributed by atoms with Gasteiger partial charge in [0, 0.05) is 26.2 Å². The predicted octanol–water partition coefficient (Wildman–Crippen LogP) is -0.0716. The maximum Gasteiger partial charge on any atom is 0.207 e. The fraction of sp³-hybridized carbons (Fsp3) is 0.889. The molecule has 0 bridgehead atoms. The summed E-state index contributed by atoms with van der Waals surface area (Å²) in [6.07, 6.45) is 4.23. The van der Waals surface area contributed by atoms with Gasteiger partial charge in [0.1, 0.15) is 0 Å². The Balaban J connectivity index is 2.45. The first-order chi connectivity index (χ1) is 6.52. The molecule has 0 atom stereocenters. The van der Waals surface area contributed by atoms with Crippen LogP contribution in [0.2, 0.25) is 0 Å². The summed E-state index contributed by atoms with van der Waals surface area (Å²) < 4.78 is 0. The van der Waals surface area contributed by atoms with E-state index in [4.69, 9.17) is 17.0 Å². The van der Waals surface area contributed by atoms with Crippen molar-refractivity contribution in [2.45, 2.75) is 37.8 Å². The van der Waals surface area contributed by atoms with Crippen LogP contribution < -0.4 is 11.6 Å². The van der Waals surface area contributed by atoms with Crippen LogP contribution in [-0.2, 0) is 0 Å². The molecule has 1 fully saturated rings. The van der Waals surface area contributed by atoms with Crippen molar-refractivity contribution in [2.75, 3.05) is 14.1 Å². The van der Waals surface area contributed by atoms with E-state index in [1.54, 1.807) is 7.05 Å². The molecule has 5 heteroatoms. The van der Waals surface area contributed by atoms with Crippen molar-refractivity contribution in [3.8, 4) is 0 Å². The average molecular weight is 199 g/mol. The minimum Gasteiger partial charge on any atom is -0.342 e. The Morgan fingerprint density at radius 2 is 1.71 bits per heavy atom. The summed E-state index contributed by atoms with van der Waals surface area (Å²) in [5, 5.41) is 9.07. The highest BCUT2D eigenvalue weighted by molar-refractivity contribution is 5.76. The van der Waals surface area contributed by atoms with Crippen LogP contribution in [0.3, 0.4) is 0 Å². The minimum atomic E-state index is 0.351. The second kappa shape index (κ2) is 4.61. The van der Waals surface area contributed by atoms with Gasteiger partial charge in [-0.1, -0.05) is 0 Å². The van der Waals surface area contributed by atoms with Crippen LogP contribution in [0.25, 0.3) is 0 Å². The second-order valence-corrected chi connectivity index (χ2v) is 4.11. The Bertz CT molecular complexity index is 195. The summed E-state index contributed by atoms with van der Waals surface area (Å²) in [4.78, 5) is 1.94. The van der Waals surface area contributed by atoms with Crippen molar-refractivity contribution in [1.29, 1.82) is 5.41 Å². The summed E-state index contributed by atoms with van der Waals surface area (Å²) in [5.74, 6) is 5.88. The summed E-state index contributed by atoms with van der Waals surface area (Å²) in [5.41, 5.74) is 5.83. The van der Waals surface area contributed by atoms with Gasteiger partial charge < -0.3 is 10.6 Å². The molecule has 0 radical (unpaired) electrons. The summed E-state index contributed by atoms with van der Waals surface area (Å²) in [7, 11) is 3.61. The standard InChI is InChI=1S/C9H21N5/c1-13(9(11)14(2)12)8-5-3-7(10)4-6-8/h7-8,11H,3-6,10,12H2,1-2H3/t7-,8-. The topological polar surface area (TPSA) is 82.4 Å². The smallest absolute Gasteiger partial charge is 0.207 e. The fourth-order valence-corrected chi connectivity index (χ4v) is 1.91. The number of guanidine groups is 1. The summed E-state index contributed by atoms with van der Waals surface area (Å²) in [6, 6.07) is 0.776. The first-order valence-electron chi connectivity index (χ1n) is 5.07. The third-order valence-corrected chi connectivity index (χ3v) is 2.96. The van der Waals surface area contributed by atoms with Crippen molar-refractivity contribution < 1.29 is 0 Å². The lowest BCUT2D eigenvalue weighted by atomic mass is 9.91. The van der Waals surface area contributed by atoms with E-state index in [1.807, 2.05) is 11.9 Å². The predicted molar refractivity (Wildman–Crippen MR) is 57.7 cm³/mol. The molecule has 14 heavy (non-hydrogen) atoms. The summed E-state index contributed by atoms with van der Waals surface area (Å²) >= 11 is 0. The quantitative estimate of drug-likeness (QED) is 0.239.